The highest BCUT2D eigenvalue weighted by atomic mass is 19.1. The Hall–Kier alpha value is -3.02. The van der Waals surface area contributed by atoms with Gasteiger partial charge in [-0.3, -0.25) is 4.79 Å². The number of halogens is 1. The number of nitrogens with zero attached hydrogens (tertiary/aromatic N) is 4. The maximum absolute atomic E-state index is 13.1. The normalized spacial score (nSPS) is 11.4. The molecule has 0 N–H and O–H groups in total. The summed E-state index contributed by atoms with van der Waals surface area (Å²) in [4.78, 5) is 17.1. The van der Waals surface area contributed by atoms with Crippen LogP contribution < -0.4 is 5.56 Å². The Morgan fingerprint density at radius 1 is 1.12 bits per heavy atom. The summed E-state index contributed by atoms with van der Waals surface area (Å²) in [7, 11) is 0. The van der Waals surface area contributed by atoms with Gasteiger partial charge in [-0.25, -0.2) is 13.9 Å². The van der Waals surface area contributed by atoms with Crippen LogP contribution in [0, 0.1) is 5.82 Å². The van der Waals surface area contributed by atoms with Crippen molar-refractivity contribution >= 4 is 16.6 Å². The smallest absolute Gasteiger partial charge is 0.261 e. The zero-order valence-electron chi connectivity index (χ0n) is 13.8. The number of aromatic nitrogens is 4. The van der Waals surface area contributed by atoms with E-state index in [1.165, 1.54) is 12.1 Å². The second-order valence-corrected chi connectivity index (χ2v) is 6.03. The third-order valence-electron chi connectivity index (χ3n) is 4.38. The van der Waals surface area contributed by atoms with Crippen LogP contribution in [0.5, 0.6) is 0 Å². The fourth-order valence-electron chi connectivity index (χ4n) is 2.99. The van der Waals surface area contributed by atoms with Crippen molar-refractivity contribution in [3.05, 3.63) is 65.1 Å². The fourth-order valence-corrected chi connectivity index (χ4v) is 2.99. The molecular formula is C19H17FN4O. The zero-order chi connectivity index (χ0) is 17.4. The van der Waals surface area contributed by atoms with E-state index in [0.29, 0.717) is 17.6 Å². The lowest BCUT2D eigenvalue weighted by Crippen LogP contribution is -2.20. The summed E-state index contributed by atoms with van der Waals surface area (Å²) in [6, 6.07) is 8.10. The number of aryl methyl sites for hydroxylation is 1. The second-order valence-electron chi connectivity index (χ2n) is 6.03. The Kier molecular flexibility index (Phi) is 3.80. The van der Waals surface area contributed by atoms with Crippen molar-refractivity contribution in [3.63, 3.8) is 0 Å². The molecule has 4 aromatic rings. The van der Waals surface area contributed by atoms with Crippen molar-refractivity contribution in [2.24, 2.45) is 0 Å². The van der Waals surface area contributed by atoms with Gasteiger partial charge < -0.3 is 4.57 Å². The van der Waals surface area contributed by atoms with Gasteiger partial charge in [-0.1, -0.05) is 25.5 Å². The lowest BCUT2D eigenvalue weighted by Gasteiger charge is -2.07. The van der Waals surface area contributed by atoms with Gasteiger partial charge in [-0.05, 0) is 30.2 Å². The Morgan fingerprint density at radius 2 is 1.92 bits per heavy atom. The monoisotopic (exact) mass is 336 g/mol. The van der Waals surface area contributed by atoms with Crippen molar-refractivity contribution in [1.29, 1.82) is 0 Å². The van der Waals surface area contributed by atoms with Crippen molar-refractivity contribution in [2.45, 2.75) is 26.3 Å². The quantitative estimate of drug-likeness (QED) is 0.571. The van der Waals surface area contributed by atoms with Crippen molar-refractivity contribution in [2.75, 3.05) is 0 Å². The summed E-state index contributed by atoms with van der Waals surface area (Å²) in [5.41, 5.74) is 2.94. The molecule has 25 heavy (non-hydrogen) atoms. The predicted molar refractivity (Wildman–Crippen MR) is 95.1 cm³/mol. The Morgan fingerprint density at radius 3 is 2.68 bits per heavy atom. The van der Waals surface area contributed by atoms with Crippen LogP contribution in [0.4, 0.5) is 4.39 Å². The summed E-state index contributed by atoms with van der Waals surface area (Å²) >= 11 is 0. The van der Waals surface area contributed by atoms with Crippen molar-refractivity contribution in [3.8, 4) is 11.1 Å². The van der Waals surface area contributed by atoms with Gasteiger partial charge in [0.15, 0.2) is 5.65 Å². The van der Waals surface area contributed by atoms with Gasteiger partial charge in [0.2, 0.25) is 0 Å². The minimum Gasteiger partial charge on any atom is -0.315 e. The molecule has 0 bridgehead atoms. The van der Waals surface area contributed by atoms with Crippen LogP contribution in [0.15, 0.2) is 53.7 Å². The summed E-state index contributed by atoms with van der Waals surface area (Å²) in [6.07, 6.45) is 7.08. The van der Waals surface area contributed by atoms with E-state index in [0.717, 1.165) is 29.5 Å². The average Bonchev–Trinajstić information content (AvgIpc) is 3.06. The lowest BCUT2D eigenvalue weighted by molar-refractivity contribution is 0.616. The standard InChI is InChI=1S/C19H17FN4O/c1-2-3-9-23-10-8-17-16(19(23)25)11-21-18-15(12-22-24(17)18)13-4-6-14(20)7-5-13/h4-8,10-12H,2-3,9H2,1H3. The molecular weight excluding hydrogens is 319 g/mol. The molecule has 126 valence electrons. The molecule has 0 saturated carbocycles. The van der Waals surface area contributed by atoms with E-state index < -0.39 is 0 Å². The third-order valence-corrected chi connectivity index (χ3v) is 4.38. The number of rotatable bonds is 4. The van der Waals surface area contributed by atoms with Crippen LogP contribution in [0.2, 0.25) is 0 Å². The van der Waals surface area contributed by atoms with Gasteiger partial charge in [0.25, 0.3) is 5.56 Å². The van der Waals surface area contributed by atoms with Gasteiger partial charge in [0.05, 0.1) is 17.1 Å². The highest BCUT2D eigenvalue weighted by Gasteiger charge is 2.12. The minimum absolute atomic E-state index is 0.0563. The molecule has 0 aliphatic carbocycles. The van der Waals surface area contributed by atoms with Gasteiger partial charge in [0.1, 0.15) is 5.82 Å². The molecule has 0 unspecified atom stereocenters. The molecule has 0 saturated heterocycles. The first-order valence-corrected chi connectivity index (χ1v) is 8.31. The summed E-state index contributed by atoms with van der Waals surface area (Å²) in [6.45, 7) is 2.79. The van der Waals surface area contributed by atoms with Crippen LogP contribution in [0.1, 0.15) is 19.8 Å². The SMILES string of the molecule is CCCCn1ccc2c(cnc3c(-c4ccc(F)cc4)cnn32)c1=O. The Bertz CT molecular complexity index is 1110. The average molecular weight is 336 g/mol. The van der Waals surface area contributed by atoms with E-state index >= 15 is 0 Å². The van der Waals surface area contributed by atoms with E-state index in [-0.39, 0.29) is 11.4 Å². The predicted octanol–water partition coefficient (Wildman–Crippen LogP) is 3.65. The lowest BCUT2D eigenvalue weighted by atomic mass is 10.1. The molecule has 5 nitrogen and oxygen atoms in total. The number of fused-ring (bicyclic) bond motifs is 3. The van der Waals surface area contributed by atoms with E-state index in [2.05, 4.69) is 17.0 Å². The van der Waals surface area contributed by atoms with E-state index in [1.807, 2.05) is 6.07 Å². The van der Waals surface area contributed by atoms with Crippen molar-refractivity contribution < 1.29 is 4.39 Å². The maximum atomic E-state index is 13.1. The van der Waals surface area contributed by atoms with E-state index in [9.17, 15) is 9.18 Å². The second kappa shape index (κ2) is 6.12. The largest absolute Gasteiger partial charge is 0.315 e. The van der Waals surface area contributed by atoms with Gasteiger partial charge >= 0.3 is 0 Å². The topological polar surface area (TPSA) is 52.2 Å². The molecule has 0 aliphatic rings. The van der Waals surface area contributed by atoms with Gasteiger partial charge in [-0.2, -0.15) is 5.10 Å². The molecule has 0 atom stereocenters. The highest BCUT2D eigenvalue weighted by molar-refractivity contribution is 5.84. The zero-order valence-corrected chi connectivity index (χ0v) is 13.8. The van der Waals surface area contributed by atoms with E-state index in [1.54, 1.807) is 39.8 Å². The molecule has 1 aromatic carbocycles. The first-order valence-electron chi connectivity index (χ1n) is 8.31. The fraction of sp³-hybridized carbons (Fsp3) is 0.211. The molecule has 3 aromatic heterocycles. The number of hydrogen-bond acceptors (Lipinski definition) is 3. The summed E-state index contributed by atoms with van der Waals surface area (Å²) < 4.78 is 16.5. The maximum Gasteiger partial charge on any atom is 0.261 e. The summed E-state index contributed by atoms with van der Waals surface area (Å²) in [5.74, 6) is -0.286. The molecule has 3 heterocycles. The van der Waals surface area contributed by atoms with Crippen LogP contribution in [0.3, 0.4) is 0 Å². The first-order chi connectivity index (χ1) is 12.2. The Balaban J connectivity index is 1.89. The molecule has 0 radical (unpaired) electrons. The first kappa shape index (κ1) is 15.5. The van der Waals surface area contributed by atoms with Gasteiger partial charge in [-0.15, -0.1) is 0 Å². The molecule has 6 heteroatoms. The number of unbranched alkanes of at least 4 members (excludes halogenated alkanes) is 1. The van der Waals surface area contributed by atoms with Crippen molar-refractivity contribution in [1.82, 2.24) is 19.2 Å². The number of benzene rings is 1. The summed E-state index contributed by atoms with van der Waals surface area (Å²) in [5, 5.41) is 4.93. The molecule has 0 aliphatic heterocycles. The molecule has 0 amide bonds. The van der Waals surface area contributed by atoms with E-state index in [4.69, 9.17) is 0 Å². The molecule has 4 rings (SSSR count). The molecule has 0 spiro atoms. The van der Waals surface area contributed by atoms with Crippen LogP contribution in [-0.4, -0.2) is 19.2 Å². The minimum atomic E-state index is -0.286. The highest BCUT2D eigenvalue weighted by Crippen LogP contribution is 2.25. The van der Waals surface area contributed by atoms with Gasteiger partial charge in [0, 0.05) is 24.5 Å². The molecule has 0 fully saturated rings. The Labute approximate surface area is 143 Å². The third kappa shape index (κ3) is 2.59. The van der Waals surface area contributed by atoms with Crippen LogP contribution in [0.25, 0.3) is 27.7 Å². The number of hydrogen-bond donors (Lipinski definition) is 0. The number of pyridine rings is 1. The van der Waals surface area contributed by atoms with Crippen LogP contribution >= 0.6 is 0 Å². The van der Waals surface area contributed by atoms with Crippen LogP contribution in [-0.2, 0) is 6.54 Å².